The van der Waals surface area contributed by atoms with E-state index in [4.69, 9.17) is 5.73 Å². The van der Waals surface area contributed by atoms with Gasteiger partial charge in [0.25, 0.3) is 0 Å². The van der Waals surface area contributed by atoms with Crippen LogP contribution in [-0.2, 0) is 0 Å². The fourth-order valence-electron chi connectivity index (χ4n) is 2.80. The Balaban J connectivity index is 2.19. The Hall–Kier alpha value is -2.13. The van der Waals surface area contributed by atoms with Crippen molar-refractivity contribution >= 4 is 11.0 Å². The minimum atomic E-state index is 0.00806. The first-order valence-electron chi connectivity index (χ1n) is 6.91. The van der Waals surface area contributed by atoms with Crippen molar-refractivity contribution < 1.29 is 0 Å². The number of fused-ring (bicyclic) bond motifs is 1. The lowest BCUT2D eigenvalue weighted by Gasteiger charge is -2.25. The van der Waals surface area contributed by atoms with E-state index in [1.54, 1.807) is 0 Å². The molecule has 3 rings (SSSR count). The Bertz CT molecular complexity index is 728. The van der Waals surface area contributed by atoms with Gasteiger partial charge in [-0.3, -0.25) is 0 Å². The van der Waals surface area contributed by atoms with Crippen LogP contribution >= 0.6 is 0 Å². The molecule has 1 heterocycles. The maximum atomic E-state index is 6.27. The highest BCUT2D eigenvalue weighted by molar-refractivity contribution is 5.75. The maximum absolute atomic E-state index is 6.27. The zero-order chi connectivity index (χ0) is 14.1. The summed E-state index contributed by atoms with van der Waals surface area (Å²) < 4.78 is 2.18. The number of hydrogen-bond donors (Lipinski definition) is 1. The number of para-hydroxylation sites is 2. The molecule has 0 aliphatic carbocycles. The second-order valence-electron chi connectivity index (χ2n) is 5.30. The quantitative estimate of drug-likeness (QED) is 0.789. The van der Waals surface area contributed by atoms with E-state index in [1.165, 1.54) is 11.1 Å². The van der Waals surface area contributed by atoms with Gasteiger partial charge < -0.3 is 10.3 Å². The summed E-state index contributed by atoms with van der Waals surface area (Å²) in [5.41, 5.74) is 10.9. The molecule has 0 amide bonds. The van der Waals surface area contributed by atoms with Gasteiger partial charge in [-0.15, -0.1) is 0 Å². The molecular weight excluding hydrogens is 246 g/mol. The van der Waals surface area contributed by atoms with Gasteiger partial charge in [-0.25, -0.2) is 4.98 Å². The number of aryl methyl sites for hydroxylation is 1. The van der Waals surface area contributed by atoms with Gasteiger partial charge in [0.2, 0.25) is 0 Å². The zero-order valence-electron chi connectivity index (χ0n) is 11.8. The molecule has 2 aromatic carbocycles. The second-order valence-corrected chi connectivity index (χ2v) is 5.30. The number of hydrogen-bond acceptors (Lipinski definition) is 2. The number of rotatable bonds is 3. The van der Waals surface area contributed by atoms with Gasteiger partial charge in [0.1, 0.15) is 0 Å². The molecule has 0 fully saturated rings. The minimum Gasteiger partial charge on any atom is -0.326 e. The van der Waals surface area contributed by atoms with Crippen molar-refractivity contribution in [1.29, 1.82) is 0 Å². The number of nitrogens with zero attached hydrogens (tertiary/aromatic N) is 2. The normalized spacial score (nSPS) is 14.3. The smallest absolute Gasteiger partial charge is 0.0964 e. The van der Waals surface area contributed by atoms with Crippen molar-refractivity contribution in [2.45, 2.75) is 25.9 Å². The van der Waals surface area contributed by atoms with Crippen LogP contribution in [0.5, 0.6) is 0 Å². The van der Waals surface area contributed by atoms with Crippen LogP contribution in [0.3, 0.4) is 0 Å². The van der Waals surface area contributed by atoms with Crippen LogP contribution in [0.25, 0.3) is 11.0 Å². The van der Waals surface area contributed by atoms with E-state index in [0.717, 1.165) is 11.0 Å². The summed E-state index contributed by atoms with van der Waals surface area (Å²) in [4.78, 5) is 4.48. The first-order chi connectivity index (χ1) is 9.68. The Morgan fingerprint density at radius 2 is 1.75 bits per heavy atom. The monoisotopic (exact) mass is 265 g/mol. The fourth-order valence-corrected chi connectivity index (χ4v) is 2.80. The van der Waals surface area contributed by atoms with Gasteiger partial charge >= 0.3 is 0 Å². The van der Waals surface area contributed by atoms with Crippen molar-refractivity contribution in [3.63, 3.8) is 0 Å². The summed E-state index contributed by atoms with van der Waals surface area (Å²) in [6.45, 7) is 4.18. The van der Waals surface area contributed by atoms with Gasteiger partial charge in [0, 0.05) is 6.04 Å². The molecule has 102 valence electrons. The first-order valence-corrected chi connectivity index (χ1v) is 6.91. The number of benzene rings is 2. The highest BCUT2D eigenvalue weighted by Gasteiger charge is 2.21. The van der Waals surface area contributed by atoms with Gasteiger partial charge in [-0.05, 0) is 37.1 Å². The molecule has 2 unspecified atom stereocenters. The molecular formula is C17H19N3. The van der Waals surface area contributed by atoms with E-state index >= 15 is 0 Å². The van der Waals surface area contributed by atoms with Crippen molar-refractivity contribution in [1.82, 2.24) is 9.55 Å². The summed E-state index contributed by atoms with van der Waals surface area (Å²) in [5.74, 6) is 0. The van der Waals surface area contributed by atoms with E-state index in [1.807, 2.05) is 31.5 Å². The van der Waals surface area contributed by atoms with Gasteiger partial charge in [0.05, 0.1) is 23.4 Å². The molecule has 0 spiro atoms. The molecule has 3 nitrogen and oxygen atoms in total. The first kappa shape index (κ1) is 12.9. The molecule has 0 saturated heterocycles. The molecule has 0 aliphatic heterocycles. The number of imidazole rings is 1. The molecule has 2 N–H and O–H groups in total. The Morgan fingerprint density at radius 3 is 2.50 bits per heavy atom. The van der Waals surface area contributed by atoms with E-state index in [2.05, 4.69) is 46.8 Å². The predicted molar refractivity (Wildman–Crippen MR) is 82.7 cm³/mol. The summed E-state index contributed by atoms with van der Waals surface area (Å²) in [7, 11) is 0. The third-order valence-electron chi connectivity index (χ3n) is 3.79. The molecule has 0 aliphatic rings. The van der Waals surface area contributed by atoms with Crippen LogP contribution in [0.15, 0.2) is 54.9 Å². The highest BCUT2D eigenvalue weighted by Crippen LogP contribution is 2.27. The van der Waals surface area contributed by atoms with E-state index < -0.39 is 0 Å². The van der Waals surface area contributed by atoms with Gasteiger partial charge in [0.15, 0.2) is 0 Å². The van der Waals surface area contributed by atoms with Crippen LogP contribution in [-0.4, -0.2) is 15.6 Å². The van der Waals surface area contributed by atoms with Crippen molar-refractivity contribution in [3.05, 3.63) is 66.0 Å². The lowest BCUT2D eigenvalue weighted by molar-refractivity contribution is 0.505. The Kier molecular flexibility index (Phi) is 3.28. The van der Waals surface area contributed by atoms with Crippen molar-refractivity contribution in [3.8, 4) is 0 Å². The SMILES string of the molecule is Cc1ccccc1C(C(C)N)n1cnc2ccccc21. The Labute approximate surface area is 119 Å². The van der Waals surface area contributed by atoms with E-state index in [9.17, 15) is 0 Å². The van der Waals surface area contributed by atoms with Crippen LogP contribution in [0.2, 0.25) is 0 Å². The average molecular weight is 265 g/mol. The lowest BCUT2D eigenvalue weighted by atomic mass is 9.96. The van der Waals surface area contributed by atoms with Gasteiger partial charge in [-0.1, -0.05) is 36.4 Å². The summed E-state index contributed by atoms with van der Waals surface area (Å²) in [5, 5.41) is 0. The standard InChI is InChI=1S/C17H19N3/c1-12-7-3-4-8-14(12)17(13(2)18)20-11-19-15-9-5-6-10-16(15)20/h3-11,13,17H,18H2,1-2H3. The minimum absolute atomic E-state index is 0.00806. The molecule has 2 atom stereocenters. The maximum Gasteiger partial charge on any atom is 0.0964 e. The largest absolute Gasteiger partial charge is 0.326 e. The summed E-state index contributed by atoms with van der Waals surface area (Å²) in [6.07, 6.45) is 1.89. The van der Waals surface area contributed by atoms with Gasteiger partial charge in [-0.2, -0.15) is 0 Å². The molecule has 0 radical (unpaired) electrons. The third-order valence-corrected chi connectivity index (χ3v) is 3.79. The molecule has 0 saturated carbocycles. The predicted octanol–water partition coefficient (Wildman–Crippen LogP) is 3.28. The molecule has 20 heavy (non-hydrogen) atoms. The van der Waals surface area contributed by atoms with Crippen LogP contribution in [0, 0.1) is 6.92 Å². The van der Waals surface area contributed by atoms with Crippen LogP contribution < -0.4 is 5.73 Å². The molecule has 0 bridgehead atoms. The van der Waals surface area contributed by atoms with E-state index in [-0.39, 0.29) is 12.1 Å². The molecule has 3 heteroatoms. The molecule has 3 aromatic rings. The fraction of sp³-hybridized carbons (Fsp3) is 0.235. The van der Waals surface area contributed by atoms with Crippen LogP contribution in [0.4, 0.5) is 0 Å². The average Bonchev–Trinajstić information content (AvgIpc) is 2.85. The van der Waals surface area contributed by atoms with Crippen molar-refractivity contribution in [2.75, 3.05) is 0 Å². The van der Waals surface area contributed by atoms with Crippen molar-refractivity contribution in [2.24, 2.45) is 5.73 Å². The summed E-state index contributed by atoms with van der Waals surface area (Å²) in [6, 6.07) is 16.7. The number of nitrogens with two attached hydrogens (primary N) is 1. The Morgan fingerprint density at radius 1 is 1.05 bits per heavy atom. The topological polar surface area (TPSA) is 43.8 Å². The third kappa shape index (κ3) is 2.10. The van der Waals surface area contributed by atoms with Crippen LogP contribution in [0.1, 0.15) is 24.1 Å². The zero-order valence-corrected chi connectivity index (χ0v) is 11.8. The summed E-state index contributed by atoms with van der Waals surface area (Å²) >= 11 is 0. The lowest BCUT2D eigenvalue weighted by Crippen LogP contribution is -2.30. The number of aromatic nitrogens is 2. The molecule has 1 aromatic heterocycles. The second kappa shape index (κ2) is 5.10. The van der Waals surface area contributed by atoms with E-state index in [0.29, 0.717) is 0 Å². The highest BCUT2D eigenvalue weighted by atomic mass is 15.1.